The van der Waals surface area contributed by atoms with E-state index in [0.29, 0.717) is 11.4 Å². The van der Waals surface area contributed by atoms with Gasteiger partial charge in [-0.1, -0.05) is 34.1 Å². The highest BCUT2D eigenvalue weighted by molar-refractivity contribution is 9.10. The highest BCUT2D eigenvalue weighted by Gasteiger charge is 2.27. The topological polar surface area (TPSA) is 3.24 Å². The quantitative estimate of drug-likeness (QED) is 0.751. The third-order valence-corrected chi connectivity index (χ3v) is 4.07. The van der Waals surface area contributed by atoms with E-state index in [1.165, 1.54) is 10.0 Å². The Hall–Kier alpha value is -0.0500. The van der Waals surface area contributed by atoms with Crippen LogP contribution in [0.1, 0.15) is 18.9 Å². The summed E-state index contributed by atoms with van der Waals surface area (Å²) in [6.45, 7) is 4.25. The number of hydrogen-bond donors (Lipinski definition) is 0. The summed E-state index contributed by atoms with van der Waals surface area (Å²) in [7, 11) is 0. The summed E-state index contributed by atoms with van der Waals surface area (Å²) in [4.78, 5) is 2.44. The van der Waals surface area contributed by atoms with Gasteiger partial charge in [-0.05, 0) is 25.0 Å². The van der Waals surface area contributed by atoms with E-state index in [0.717, 1.165) is 19.5 Å². The number of likely N-dealkylation sites (tertiary alicyclic amines) is 1. The van der Waals surface area contributed by atoms with Gasteiger partial charge in [0.15, 0.2) is 0 Å². The summed E-state index contributed by atoms with van der Waals surface area (Å²) in [6.07, 6.45) is 1.10. The molecular weight excluding hydrogens is 273 g/mol. The van der Waals surface area contributed by atoms with Crippen molar-refractivity contribution in [3.05, 3.63) is 34.3 Å². The highest BCUT2D eigenvalue weighted by atomic mass is 79.9. The second-order valence-electron chi connectivity index (χ2n) is 4.20. The van der Waals surface area contributed by atoms with Gasteiger partial charge < -0.3 is 0 Å². The maximum absolute atomic E-state index is 6.15. The average Bonchev–Trinajstić information content (AvgIpc) is 2.49. The van der Waals surface area contributed by atoms with Crippen molar-refractivity contribution in [3.63, 3.8) is 0 Å². The van der Waals surface area contributed by atoms with Gasteiger partial charge in [0.05, 0.1) is 0 Å². The summed E-state index contributed by atoms with van der Waals surface area (Å²) < 4.78 is 1.19. The number of hydrogen-bond acceptors (Lipinski definition) is 1. The molecule has 0 aliphatic carbocycles. The molecule has 2 unspecified atom stereocenters. The molecule has 1 fully saturated rings. The molecule has 1 heterocycles. The van der Waals surface area contributed by atoms with Crippen molar-refractivity contribution in [2.24, 2.45) is 0 Å². The van der Waals surface area contributed by atoms with Crippen LogP contribution in [0.2, 0.25) is 0 Å². The molecule has 1 aliphatic heterocycles. The predicted molar refractivity (Wildman–Crippen MR) is 68.3 cm³/mol. The molecule has 1 aromatic rings. The molecule has 15 heavy (non-hydrogen) atoms. The van der Waals surface area contributed by atoms with Gasteiger partial charge in [0.2, 0.25) is 0 Å². The van der Waals surface area contributed by atoms with Crippen molar-refractivity contribution in [2.45, 2.75) is 31.3 Å². The third-order valence-electron chi connectivity index (χ3n) is 2.98. The van der Waals surface area contributed by atoms with Crippen LogP contribution in [0.15, 0.2) is 28.7 Å². The predicted octanol–water partition coefficient (Wildman–Crippen LogP) is 3.65. The minimum Gasteiger partial charge on any atom is -0.295 e. The summed E-state index contributed by atoms with van der Waals surface area (Å²) in [6, 6.07) is 8.98. The van der Waals surface area contributed by atoms with E-state index in [-0.39, 0.29) is 0 Å². The first kappa shape index (κ1) is 11.4. The Labute approximate surface area is 105 Å². The third kappa shape index (κ3) is 2.74. The van der Waals surface area contributed by atoms with Crippen molar-refractivity contribution in [2.75, 3.05) is 6.54 Å². The number of alkyl halides is 1. The van der Waals surface area contributed by atoms with E-state index in [4.69, 9.17) is 11.6 Å². The summed E-state index contributed by atoms with van der Waals surface area (Å²) in [5.74, 6) is 0. The minimum atomic E-state index is 0.322. The molecule has 0 amide bonds. The Morgan fingerprint density at radius 3 is 2.80 bits per heavy atom. The second kappa shape index (κ2) is 4.86. The SMILES string of the molecule is CC1CC(Cl)CN1Cc1ccccc1Br. The first-order chi connectivity index (χ1) is 7.16. The van der Waals surface area contributed by atoms with Gasteiger partial charge in [0.25, 0.3) is 0 Å². The van der Waals surface area contributed by atoms with Gasteiger partial charge in [0.1, 0.15) is 0 Å². The lowest BCUT2D eigenvalue weighted by Crippen LogP contribution is -2.26. The monoisotopic (exact) mass is 287 g/mol. The zero-order chi connectivity index (χ0) is 10.8. The largest absolute Gasteiger partial charge is 0.295 e. The first-order valence-corrected chi connectivity index (χ1v) is 6.51. The lowest BCUT2D eigenvalue weighted by molar-refractivity contribution is 0.260. The maximum atomic E-state index is 6.15. The summed E-state index contributed by atoms with van der Waals surface area (Å²) in [5.41, 5.74) is 1.34. The maximum Gasteiger partial charge on any atom is 0.0478 e. The van der Waals surface area contributed by atoms with Crippen molar-refractivity contribution in [1.82, 2.24) is 4.90 Å². The van der Waals surface area contributed by atoms with E-state index in [2.05, 4.69) is 46.0 Å². The van der Waals surface area contributed by atoms with Gasteiger partial charge in [-0.3, -0.25) is 4.90 Å². The fraction of sp³-hybridized carbons (Fsp3) is 0.500. The average molecular weight is 289 g/mol. The Morgan fingerprint density at radius 2 is 2.20 bits per heavy atom. The van der Waals surface area contributed by atoms with Gasteiger partial charge >= 0.3 is 0 Å². The minimum absolute atomic E-state index is 0.322. The van der Waals surface area contributed by atoms with Gasteiger partial charge in [-0.15, -0.1) is 11.6 Å². The lowest BCUT2D eigenvalue weighted by atomic mass is 10.2. The molecule has 82 valence electrons. The number of nitrogens with zero attached hydrogens (tertiary/aromatic N) is 1. The molecule has 2 atom stereocenters. The van der Waals surface area contributed by atoms with Crippen LogP contribution in [-0.2, 0) is 6.54 Å². The van der Waals surface area contributed by atoms with Crippen molar-refractivity contribution in [1.29, 1.82) is 0 Å². The van der Waals surface area contributed by atoms with Gasteiger partial charge in [-0.25, -0.2) is 0 Å². The van der Waals surface area contributed by atoms with Crippen LogP contribution in [0.5, 0.6) is 0 Å². The van der Waals surface area contributed by atoms with E-state index < -0.39 is 0 Å². The number of benzene rings is 1. The molecular formula is C12H15BrClN. The summed E-state index contributed by atoms with van der Waals surface area (Å²) in [5, 5.41) is 0.322. The molecule has 2 rings (SSSR count). The van der Waals surface area contributed by atoms with Crippen LogP contribution in [0.3, 0.4) is 0 Å². The van der Waals surface area contributed by atoms with Crippen LogP contribution in [0.4, 0.5) is 0 Å². The Morgan fingerprint density at radius 1 is 1.47 bits per heavy atom. The molecule has 1 saturated heterocycles. The van der Waals surface area contributed by atoms with Crippen molar-refractivity contribution in [3.8, 4) is 0 Å². The second-order valence-corrected chi connectivity index (χ2v) is 5.67. The molecule has 3 heteroatoms. The van der Waals surface area contributed by atoms with Crippen LogP contribution in [0.25, 0.3) is 0 Å². The molecule has 1 aromatic carbocycles. The van der Waals surface area contributed by atoms with E-state index in [1.54, 1.807) is 0 Å². The highest BCUT2D eigenvalue weighted by Crippen LogP contribution is 2.26. The lowest BCUT2D eigenvalue weighted by Gasteiger charge is -2.21. The first-order valence-electron chi connectivity index (χ1n) is 5.28. The van der Waals surface area contributed by atoms with E-state index in [9.17, 15) is 0 Å². The molecule has 0 radical (unpaired) electrons. The number of rotatable bonds is 2. The van der Waals surface area contributed by atoms with Crippen LogP contribution >= 0.6 is 27.5 Å². The zero-order valence-electron chi connectivity index (χ0n) is 8.79. The van der Waals surface area contributed by atoms with Crippen LogP contribution in [0, 0.1) is 0 Å². The van der Waals surface area contributed by atoms with E-state index >= 15 is 0 Å². The molecule has 1 nitrogen and oxygen atoms in total. The van der Waals surface area contributed by atoms with Crippen molar-refractivity contribution >= 4 is 27.5 Å². The Bertz CT molecular complexity index is 342. The molecule has 0 N–H and O–H groups in total. The molecule has 0 bridgehead atoms. The standard InChI is InChI=1S/C12H15BrClN/c1-9-6-11(14)8-15(9)7-10-4-2-3-5-12(10)13/h2-5,9,11H,6-8H2,1H3. The Balaban J connectivity index is 2.06. The normalized spacial score (nSPS) is 27.1. The zero-order valence-corrected chi connectivity index (χ0v) is 11.1. The Kier molecular flexibility index (Phi) is 3.70. The molecule has 1 aliphatic rings. The fourth-order valence-corrected chi connectivity index (χ4v) is 2.94. The summed E-state index contributed by atoms with van der Waals surface area (Å²) >= 11 is 9.73. The van der Waals surface area contributed by atoms with Crippen LogP contribution in [-0.4, -0.2) is 22.9 Å². The molecule has 0 saturated carbocycles. The van der Waals surface area contributed by atoms with Gasteiger partial charge in [0, 0.05) is 29.0 Å². The number of halogens is 2. The smallest absolute Gasteiger partial charge is 0.0478 e. The fourth-order valence-electron chi connectivity index (χ4n) is 2.09. The molecule has 0 spiro atoms. The van der Waals surface area contributed by atoms with Crippen molar-refractivity contribution < 1.29 is 0 Å². The van der Waals surface area contributed by atoms with E-state index in [1.807, 2.05) is 6.07 Å². The van der Waals surface area contributed by atoms with Crippen LogP contribution < -0.4 is 0 Å². The molecule has 0 aromatic heterocycles. The van der Waals surface area contributed by atoms with Gasteiger partial charge in [-0.2, -0.15) is 0 Å².